The zero-order chi connectivity index (χ0) is 28.0. The van der Waals surface area contributed by atoms with Crippen LogP contribution in [0.4, 0.5) is 0 Å². The molecule has 2 fully saturated rings. The van der Waals surface area contributed by atoms with Crippen molar-refractivity contribution in [1.29, 1.82) is 0 Å². The summed E-state index contributed by atoms with van der Waals surface area (Å²) < 4.78 is 11.6. The largest absolute Gasteiger partial charge is 0.461 e. The minimum atomic E-state index is -0.448. The van der Waals surface area contributed by atoms with Crippen LogP contribution in [-0.4, -0.2) is 60.9 Å². The first-order valence-corrected chi connectivity index (χ1v) is 14.0. The molecule has 9 heteroatoms. The van der Waals surface area contributed by atoms with Crippen LogP contribution in [0.15, 0.2) is 76.6 Å². The third-order valence-corrected chi connectivity index (χ3v) is 9.40. The lowest BCUT2D eigenvalue weighted by Gasteiger charge is -2.47. The number of aryl methyl sites for hydroxylation is 1. The number of hydrogen-bond acceptors (Lipinski definition) is 5. The van der Waals surface area contributed by atoms with Gasteiger partial charge in [0.05, 0.1) is 38.5 Å². The molecule has 9 nitrogen and oxygen atoms in total. The Morgan fingerprint density at radius 3 is 2.10 bits per heavy atom. The monoisotopic (exact) mass is 542 g/mol. The van der Waals surface area contributed by atoms with Crippen LogP contribution in [0.5, 0.6) is 0 Å². The van der Waals surface area contributed by atoms with Gasteiger partial charge in [-0.05, 0) is 11.1 Å². The van der Waals surface area contributed by atoms with Crippen LogP contribution in [0.1, 0.15) is 42.7 Å². The highest BCUT2D eigenvalue weighted by Gasteiger charge is 2.52. The van der Waals surface area contributed by atoms with Gasteiger partial charge in [0.1, 0.15) is 12.0 Å². The Kier molecular flexibility index (Phi) is 6.70. The average Bonchev–Trinajstić information content (AvgIpc) is 3.44. The molecular formula is C31H36N5O4+. The summed E-state index contributed by atoms with van der Waals surface area (Å²) in [6.45, 7) is 1.46. The van der Waals surface area contributed by atoms with E-state index < -0.39 is 5.92 Å². The van der Waals surface area contributed by atoms with Crippen molar-refractivity contribution >= 4 is 17.1 Å². The molecule has 0 amide bonds. The number of carbonyl (C=O) groups excluding carboxylic acids is 1. The summed E-state index contributed by atoms with van der Waals surface area (Å²) in [7, 11) is 5.44. The summed E-state index contributed by atoms with van der Waals surface area (Å²) in [5, 5.41) is 0. The zero-order valence-electron chi connectivity index (χ0n) is 23.3. The van der Waals surface area contributed by atoms with Gasteiger partial charge in [0.15, 0.2) is 11.2 Å². The Balaban J connectivity index is 1.18. The Labute approximate surface area is 232 Å². The maximum absolute atomic E-state index is 13.6. The van der Waals surface area contributed by atoms with E-state index in [-0.39, 0.29) is 23.3 Å². The molecular weight excluding hydrogens is 506 g/mol. The van der Waals surface area contributed by atoms with Crippen LogP contribution < -0.4 is 11.2 Å². The lowest BCUT2D eigenvalue weighted by molar-refractivity contribution is -0.949. The van der Waals surface area contributed by atoms with E-state index in [1.54, 1.807) is 13.4 Å². The van der Waals surface area contributed by atoms with Crippen LogP contribution in [0.25, 0.3) is 11.2 Å². The van der Waals surface area contributed by atoms with Crippen molar-refractivity contribution in [3.8, 4) is 0 Å². The molecule has 4 heterocycles. The summed E-state index contributed by atoms with van der Waals surface area (Å²) in [5.41, 5.74) is 2.05. The van der Waals surface area contributed by atoms with Crippen molar-refractivity contribution in [2.75, 3.05) is 13.6 Å². The Morgan fingerprint density at radius 2 is 1.52 bits per heavy atom. The van der Waals surface area contributed by atoms with Gasteiger partial charge in [0.25, 0.3) is 5.56 Å². The van der Waals surface area contributed by atoms with Crippen molar-refractivity contribution < 1.29 is 14.0 Å². The number of hydrogen-bond donors (Lipinski definition) is 0. The van der Waals surface area contributed by atoms with Crippen LogP contribution in [-0.2, 0) is 30.2 Å². The number of piperidine rings is 1. The molecule has 2 aliphatic heterocycles. The summed E-state index contributed by atoms with van der Waals surface area (Å²) in [5.74, 6) is -0.639. The number of carbonyl (C=O) groups is 1. The standard InChI is InChI=1S/C31H36N5O4/c1-33-28-27(29(37)34(2)31(33)39)35(20-32-28)16-17-36(3)23-14-15-24(36)19-25(18-23)40-30(38)26(21-10-6-4-7-11-21)22-12-8-5-9-13-22/h4-13,20,23-26H,14-19H2,1-3H3/q+1. The SMILES string of the molecule is Cn1c(=O)c2c(ncn2CC[N+]2(C)C3CCC2CC(OC(=O)C(c2ccccc2)c2ccccc2)C3)n(C)c1=O. The molecule has 40 heavy (non-hydrogen) atoms. The Hall–Kier alpha value is -3.98. The van der Waals surface area contributed by atoms with Crippen LogP contribution in [0, 0.1) is 0 Å². The fourth-order valence-electron chi connectivity index (χ4n) is 7.03. The van der Waals surface area contributed by atoms with Gasteiger partial charge in [-0.2, -0.15) is 0 Å². The fraction of sp³-hybridized carbons (Fsp3) is 0.419. The summed E-state index contributed by atoms with van der Waals surface area (Å²) in [6.07, 6.45) is 5.41. The van der Waals surface area contributed by atoms with E-state index in [4.69, 9.17) is 4.74 Å². The fourth-order valence-corrected chi connectivity index (χ4v) is 7.03. The topological polar surface area (TPSA) is 88.1 Å². The van der Waals surface area contributed by atoms with Gasteiger partial charge < -0.3 is 13.8 Å². The molecule has 0 radical (unpaired) electrons. The van der Waals surface area contributed by atoms with E-state index in [0.29, 0.717) is 29.8 Å². The first-order chi connectivity index (χ1) is 19.3. The van der Waals surface area contributed by atoms with Crippen LogP contribution in [0.2, 0.25) is 0 Å². The van der Waals surface area contributed by atoms with Gasteiger partial charge in [0, 0.05) is 39.8 Å². The molecule has 2 atom stereocenters. The molecule has 2 unspecified atom stereocenters. The van der Waals surface area contributed by atoms with Crippen molar-refractivity contribution in [3.05, 3.63) is 99.0 Å². The van der Waals surface area contributed by atoms with Crippen molar-refractivity contribution in [2.24, 2.45) is 14.1 Å². The smallest absolute Gasteiger partial charge is 0.332 e. The van der Waals surface area contributed by atoms with E-state index in [9.17, 15) is 14.4 Å². The maximum Gasteiger partial charge on any atom is 0.332 e. The number of esters is 1. The first-order valence-electron chi connectivity index (χ1n) is 14.0. The zero-order valence-corrected chi connectivity index (χ0v) is 23.3. The average molecular weight is 543 g/mol. The maximum atomic E-state index is 13.6. The molecule has 2 saturated heterocycles. The second-order valence-electron chi connectivity index (χ2n) is 11.6. The van der Waals surface area contributed by atoms with Crippen molar-refractivity contribution in [3.63, 3.8) is 0 Å². The number of likely N-dealkylation sites (N-methyl/N-ethyl adjacent to an activating group) is 1. The molecule has 6 rings (SSSR count). The third-order valence-electron chi connectivity index (χ3n) is 9.40. The summed E-state index contributed by atoms with van der Waals surface area (Å²) in [6, 6.07) is 20.5. The van der Waals surface area contributed by atoms with Crippen LogP contribution in [0.3, 0.4) is 0 Å². The van der Waals surface area contributed by atoms with E-state index in [1.807, 2.05) is 65.2 Å². The molecule has 2 aromatic heterocycles. The van der Waals surface area contributed by atoms with Gasteiger partial charge in [-0.25, -0.2) is 9.78 Å². The number of aromatic nitrogens is 4. The van der Waals surface area contributed by atoms with Crippen molar-refractivity contribution in [1.82, 2.24) is 18.7 Å². The molecule has 4 aromatic rings. The first kappa shape index (κ1) is 26.3. The number of quaternary nitrogens is 1. The third kappa shape index (κ3) is 4.38. The molecule has 0 spiro atoms. The van der Waals surface area contributed by atoms with Gasteiger partial charge in [-0.3, -0.25) is 18.7 Å². The predicted octanol–water partition coefficient (Wildman–Crippen LogP) is 2.95. The number of ether oxygens (including phenoxy) is 1. The molecule has 208 valence electrons. The summed E-state index contributed by atoms with van der Waals surface area (Å²) in [4.78, 5) is 43.2. The predicted molar refractivity (Wildman–Crippen MR) is 152 cm³/mol. The second-order valence-corrected chi connectivity index (χ2v) is 11.6. The van der Waals surface area contributed by atoms with Gasteiger partial charge in [0.2, 0.25) is 0 Å². The highest BCUT2D eigenvalue weighted by Crippen LogP contribution is 2.42. The highest BCUT2D eigenvalue weighted by molar-refractivity contribution is 5.82. The quantitative estimate of drug-likeness (QED) is 0.265. The minimum absolute atomic E-state index is 0.109. The molecule has 2 aliphatic rings. The lowest BCUT2D eigenvalue weighted by atomic mass is 9.91. The van der Waals surface area contributed by atoms with E-state index in [0.717, 1.165) is 52.4 Å². The number of benzene rings is 2. The van der Waals surface area contributed by atoms with Crippen LogP contribution >= 0.6 is 0 Å². The van der Waals surface area contributed by atoms with Gasteiger partial charge in [-0.15, -0.1) is 0 Å². The van der Waals surface area contributed by atoms with Gasteiger partial charge in [-0.1, -0.05) is 60.7 Å². The normalized spacial score (nSPS) is 24.1. The van der Waals surface area contributed by atoms with E-state index >= 15 is 0 Å². The number of fused-ring (bicyclic) bond motifs is 3. The lowest BCUT2D eigenvalue weighted by Crippen LogP contribution is -2.60. The number of rotatable bonds is 7. The molecule has 2 bridgehead atoms. The van der Waals surface area contributed by atoms with E-state index in [2.05, 4.69) is 12.0 Å². The highest BCUT2D eigenvalue weighted by atomic mass is 16.5. The molecule has 2 aromatic carbocycles. The second kappa shape index (κ2) is 10.2. The van der Waals surface area contributed by atoms with Crippen molar-refractivity contribution in [2.45, 2.75) is 56.3 Å². The molecule has 0 saturated carbocycles. The Bertz CT molecular complexity index is 1600. The number of imidazole rings is 1. The minimum Gasteiger partial charge on any atom is -0.461 e. The Morgan fingerprint density at radius 1 is 0.950 bits per heavy atom. The van der Waals surface area contributed by atoms with Gasteiger partial charge >= 0.3 is 11.7 Å². The van der Waals surface area contributed by atoms with E-state index in [1.165, 1.54) is 11.6 Å². The molecule has 0 N–H and O–H groups in total. The number of nitrogens with zero attached hydrogens (tertiary/aromatic N) is 5. The summed E-state index contributed by atoms with van der Waals surface area (Å²) >= 11 is 0. The molecule has 0 aliphatic carbocycles.